The monoisotopic (exact) mass is 421 g/mol. The topological polar surface area (TPSA) is 72.3 Å². The Labute approximate surface area is 178 Å². The van der Waals surface area contributed by atoms with Gasteiger partial charge in [-0.25, -0.2) is 4.98 Å². The Balaban J connectivity index is 1.60. The average Bonchev–Trinajstić information content (AvgIpc) is 3.01. The van der Waals surface area contributed by atoms with Crippen LogP contribution in [0.25, 0.3) is 10.9 Å². The molecule has 2 aromatic carbocycles. The summed E-state index contributed by atoms with van der Waals surface area (Å²) in [6.45, 7) is 4.63. The highest BCUT2D eigenvalue weighted by atomic mass is 32.2. The fourth-order valence-electron chi connectivity index (χ4n) is 3.64. The molecule has 2 heterocycles. The molecule has 0 fully saturated rings. The molecule has 0 radical (unpaired) electrons. The van der Waals surface area contributed by atoms with Gasteiger partial charge in [-0.3, -0.25) is 19.0 Å². The number of anilines is 1. The minimum absolute atomic E-state index is 0.0297. The summed E-state index contributed by atoms with van der Waals surface area (Å²) in [5.74, 6) is 0.420. The second-order valence-electron chi connectivity index (χ2n) is 7.91. The zero-order chi connectivity index (χ0) is 21.4. The maximum atomic E-state index is 13.0. The van der Waals surface area contributed by atoms with E-state index in [1.807, 2.05) is 38.1 Å². The van der Waals surface area contributed by atoms with E-state index in [-0.39, 0.29) is 28.9 Å². The molecule has 0 saturated carbocycles. The molecular formula is C23H23N3O3S. The summed E-state index contributed by atoms with van der Waals surface area (Å²) in [7, 11) is 1.74. The molecule has 1 aliphatic heterocycles. The Morgan fingerprint density at radius 1 is 1.17 bits per heavy atom. The van der Waals surface area contributed by atoms with Crippen LogP contribution in [0.3, 0.4) is 0 Å². The summed E-state index contributed by atoms with van der Waals surface area (Å²) in [5.41, 5.74) is 2.85. The summed E-state index contributed by atoms with van der Waals surface area (Å²) in [6, 6.07) is 12.7. The van der Waals surface area contributed by atoms with Crippen LogP contribution in [0.15, 0.2) is 52.4 Å². The van der Waals surface area contributed by atoms with Crippen molar-refractivity contribution in [2.45, 2.75) is 32.0 Å². The Morgan fingerprint density at radius 2 is 1.93 bits per heavy atom. The summed E-state index contributed by atoms with van der Waals surface area (Å²) in [5, 5.41) is 1.14. The lowest BCUT2D eigenvalue weighted by Crippen LogP contribution is -2.25. The maximum Gasteiger partial charge on any atom is 0.262 e. The number of likely N-dealkylation sites (N-methyl/N-ethyl adjacent to an activating group) is 1. The first-order valence-corrected chi connectivity index (χ1v) is 10.9. The van der Waals surface area contributed by atoms with Crippen molar-refractivity contribution in [1.82, 2.24) is 9.55 Å². The minimum atomic E-state index is -0.0803. The third-order valence-electron chi connectivity index (χ3n) is 5.19. The lowest BCUT2D eigenvalue weighted by molar-refractivity contribution is -0.117. The number of fused-ring (bicyclic) bond motifs is 2. The third kappa shape index (κ3) is 3.77. The van der Waals surface area contributed by atoms with Gasteiger partial charge in [0, 0.05) is 24.8 Å². The van der Waals surface area contributed by atoms with Crippen molar-refractivity contribution in [2.75, 3.05) is 17.7 Å². The number of hydrogen-bond acceptors (Lipinski definition) is 5. The number of hydrogen-bond donors (Lipinski definition) is 0. The van der Waals surface area contributed by atoms with Crippen molar-refractivity contribution in [3.63, 3.8) is 0 Å². The first kappa shape index (κ1) is 20.3. The molecule has 0 spiro atoms. The van der Waals surface area contributed by atoms with Gasteiger partial charge in [0.2, 0.25) is 5.91 Å². The fourth-order valence-corrected chi connectivity index (χ4v) is 4.54. The molecular weight excluding hydrogens is 398 g/mol. The van der Waals surface area contributed by atoms with Crippen molar-refractivity contribution in [3.05, 3.63) is 63.9 Å². The van der Waals surface area contributed by atoms with E-state index in [0.717, 1.165) is 11.3 Å². The van der Waals surface area contributed by atoms with Gasteiger partial charge in [-0.15, -0.1) is 0 Å². The number of para-hydroxylation sites is 1. The normalized spacial score (nSPS) is 13.3. The number of carbonyl (C=O) groups excluding carboxylic acids is 2. The second-order valence-corrected chi connectivity index (χ2v) is 8.85. The van der Waals surface area contributed by atoms with Crippen molar-refractivity contribution in [1.29, 1.82) is 0 Å². The Hall–Kier alpha value is -2.93. The summed E-state index contributed by atoms with van der Waals surface area (Å²) in [6.07, 6.45) is 0.320. The van der Waals surface area contributed by atoms with Crippen LogP contribution in [0.1, 0.15) is 29.8 Å². The number of amides is 1. The molecule has 0 N–H and O–H groups in total. The van der Waals surface area contributed by atoms with Gasteiger partial charge in [0.25, 0.3) is 5.56 Å². The zero-order valence-corrected chi connectivity index (χ0v) is 18.0. The molecule has 0 atom stereocenters. The number of carbonyl (C=O) groups is 2. The predicted molar refractivity (Wildman–Crippen MR) is 119 cm³/mol. The van der Waals surface area contributed by atoms with Crippen LogP contribution in [0.2, 0.25) is 0 Å². The number of ketones is 1. The first-order valence-electron chi connectivity index (χ1n) is 9.90. The Bertz CT molecular complexity index is 1220. The van der Waals surface area contributed by atoms with Gasteiger partial charge >= 0.3 is 0 Å². The Kier molecular flexibility index (Phi) is 5.47. The van der Waals surface area contributed by atoms with E-state index in [1.165, 1.54) is 11.8 Å². The number of benzene rings is 2. The highest BCUT2D eigenvalue weighted by Crippen LogP contribution is 2.29. The molecule has 30 heavy (non-hydrogen) atoms. The van der Waals surface area contributed by atoms with Gasteiger partial charge in [-0.05, 0) is 41.8 Å². The Morgan fingerprint density at radius 3 is 2.70 bits per heavy atom. The minimum Gasteiger partial charge on any atom is -0.315 e. The van der Waals surface area contributed by atoms with Gasteiger partial charge in [0.1, 0.15) is 0 Å². The second kappa shape index (κ2) is 8.07. The number of Topliss-reactive ketones (excluding diaryl/α,β-unsaturated/α-hetero) is 1. The van der Waals surface area contributed by atoms with E-state index in [4.69, 9.17) is 0 Å². The van der Waals surface area contributed by atoms with Crippen LogP contribution in [-0.4, -0.2) is 34.0 Å². The molecule has 1 aliphatic rings. The lowest BCUT2D eigenvalue weighted by atomic mass is 10.1. The predicted octanol–water partition coefficient (Wildman–Crippen LogP) is 3.55. The van der Waals surface area contributed by atoms with Gasteiger partial charge in [0.15, 0.2) is 10.9 Å². The molecule has 6 nitrogen and oxygen atoms in total. The summed E-state index contributed by atoms with van der Waals surface area (Å²) < 4.78 is 1.67. The van der Waals surface area contributed by atoms with Gasteiger partial charge in [-0.2, -0.15) is 0 Å². The molecule has 7 heteroatoms. The molecule has 0 unspecified atom stereocenters. The first-order chi connectivity index (χ1) is 14.3. The van der Waals surface area contributed by atoms with Crippen molar-refractivity contribution in [2.24, 2.45) is 5.92 Å². The molecule has 0 saturated heterocycles. The van der Waals surface area contributed by atoms with E-state index < -0.39 is 0 Å². The van der Waals surface area contributed by atoms with E-state index >= 15 is 0 Å². The summed E-state index contributed by atoms with van der Waals surface area (Å²) in [4.78, 5) is 44.0. The van der Waals surface area contributed by atoms with Crippen LogP contribution in [-0.2, 0) is 17.8 Å². The van der Waals surface area contributed by atoms with E-state index in [0.29, 0.717) is 34.6 Å². The largest absolute Gasteiger partial charge is 0.315 e. The van der Waals surface area contributed by atoms with Gasteiger partial charge < -0.3 is 4.90 Å². The van der Waals surface area contributed by atoms with Crippen LogP contribution in [0.5, 0.6) is 0 Å². The van der Waals surface area contributed by atoms with Crippen LogP contribution in [0, 0.1) is 5.92 Å². The standard InChI is InChI=1S/C23H23N3O3S/c1-14(2)12-26-22(29)17-6-4-5-7-18(17)24-23(26)30-13-20(27)15-8-9-19-16(10-15)11-21(28)25(19)3/h4-10,14H,11-13H2,1-3H3. The van der Waals surface area contributed by atoms with Crippen LogP contribution in [0.4, 0.5) is 5.69 Å². The number of thioether (sulfide) groups is 1. The van der Waals surface area contributed by atoms with Crippen LogP contribution < -0.4 is 10.5 Å². The van der Waals surface area contributed by atoms with E-state index in [1.54, 1.807) is 34.7 Å². The lowest BCUT2D eigenvalue weighted by Gasteiger charge is -2.15. The smallest absolute Gasteiger partial charge is 0.262 e. The third-order valence-corrected chi connectivity index (χ3v) is 6.16. The molecule has 1 aromatic heterocycles. The fraction of sp³-hybridized carbons (Fsp3) is 0.304. The number of nitrogens with zero attached hydrogens (tertiary/aromatic N) is 3. The van der Waals surface area contributed by atoms with E-state index in [2.05, 4.69) is 4.98 Å². The molecule has 0 bridgehead atoms. The number of rotatable bonds is 6. The van der Waals surface area contributed by atoms with Crippen molar-refractivity contribution in [3.8, 4) is 0 Å². The molecule has 3 aromatic rings. The van der Waals surface area contributed by atoms with E-state index in [9.17, 15) is 14.4 Å². The SMILES string of the molecule is CC(C)Cn1c(SCC(=O)c2ccc3c(c2)CC(=O)N3C)nc2ccccc2c1=O. The quantitative estimate of drug-likeness (QED) is 0.346. The molecule has 154 valence electrons. The molecule has 1 amide bonds. The molecule has 4 rings (SSSR count). The van der Waals surface area contributed by atoms with Gasteiger partial charge in [-0.1, -0.05) is 37.7 Å². The molecule has 0 aliphatic carbocycles. The summed E-state index contributed by atoms with van der Waals surface area (Å²) >= 11 is 1.28. The van der Waals surface area contributed by atoms with Crippen molar-refractivity contribution >= 4 is 40.0 Å². The highest BCUT2D eigenvalue weighted by molar-refractivity contribution is 7.99. The average molecular weight is 422 g/mol. The van der Waals surface area contributed by atoms with Crippen LogP contribution >= 0.6 is 11.8 Å². The zero-order valence-electron chi connectivity index (χ0n) is 17.2. The van der Waals surface area contributed by atoms with Crippen molar-refractivity contribution < 1.29 is 9.59 Å². The highest BCUT2D eigenvalue weighted by Gasteiger charge is 2.25. The van der Waals surface area contributed by atoms with Gasteiger partial charge in [0.05, 0.1) is 23.1 Å². The number of aromatic nitrogens is 2. The maximum absolute atomic E-state index is 13.0.